The first-order chi connectivity index (χ1) is 5.92. The highest BCUT2D eigenvalue weighted by atomic mass is 16.7. The van der Waals surface area contributed by atoms with E-state index in [0.29, 0.717) is 0 Å². The van der Waals surface area contributed by atoms with Crippen LogP contribution in [0, 0.1) is 0 Å². The maximum absolute atomic E-state index is 10.4. The van der Waals surface area contributed by atoms with Gasteiger partial charge in [0.2, 0.25) is 5.79 Å². The number of nitrogens with two attached hydrogens (primary N) is 1. The molecule has 7 nitrogen and oxygen atoms in total. The number of hydrogen-bond acceptors (Lipinski definition) is 6. The van der Waals surface area contributed by atoms with Crippen LogP contribution in [0.1, 0.15) is 0 Å². The van der Waals surface area contributed by atoms with Gasteiger partial charge in [-0.2, -0.15) is 0 Å². The summed E-state index contributed by atoms with van der Waals surface area (Å²) in [5.74, 6) is -3.64. The van der Waals surface area contributed by atoms with E-state index in [9.17, 15) is 9.90 Å². The lowest BCUT2D eigenvalue weighted by Gasteiger charge is -2.23. The zero-order chi connectivity index (χ0) is 10.2. The highest BCUT2D eigenvalue weighted by Gasteiger charge is 2.55. The van der Waals surface area contributed by atoms with Crippen molar-refractivity contribution in [2.75, 3.05) is 6.54 Å². The Labute approximate surface area is 73.4 Å². The van der Waals surface area contributed by atoms with Crippen LogP contribution in [0.25, 0.3) is 0 Å². The number of rotatable bonds is 2. The van der Waals surface area contributed by atoms with Crippen LogP contribution < -0.4 is 5.73 Å². The molecule has 0 spiro atoms. The van der Waals surface area contributed by atoms with Crippen LogP contribution in [-0.4, -0.2) is 57.0 Å². The van der Waals surface area contributed by atoms with Gasteiger partial charge in [0, 0.05) is 6.54 Å². The molecule has 1 fully saturated rings. The van der Waals surface area contributed by atoms with E-state index in [4.69, 9.17) is 21.1 Å². The van der Waals surface area contributed by atoms with Crippen LogP contribution in [0.4, 0.5) is 0 Å². The molecule has 0 aromatic carbocycles. The van der Waals surface area contributed by atoms with Crippen LogP contribution in [0.15, 0.2) is 0 Å². The molecule has 1 saturated heterocycles. The maximum Gasteiger partial charge on any atom is 0.335 e. The molecule has 6 N–H and O–H groups in total. The summed E-state index contributed by atoms with van der Waals surface area (Å²) in [5, 5.41) is 36.1. The number of carboxylic acids is 1. The van der Waals surface area contributed by atoms with E-state index < -0.39 is 36.6 Å². The Morgan fingerprint density at radius 3 is 2.31 bits per heavy atom. The quantitative estimate of drug-likeness (QED) is 0.312. The van der Waals surface area contributed by atoms with Crippen molar-refractivity contribution in [1.29, 1.82) is 0 Å². The molecule has 0 aromatic rings. The van der Waals surface area contributed by atoms with Crippen LogP contribution >= 0.6 is 0 Å². The molecule has 1 rings (SSSR count). The number of aliphatic carboxylic acids is 1. The summed E-state index contributed by atoms with van der Waals surface area (Å²) in [5.41, 5.74) is 5.04. The van der Waals surface area contributed by atoms with Gasteiger partial charge in [-0.1, -0.05) is 0 Å². The predicted octanol–water partition coefficient (Wildman–Crippen LogP) is -3.16. The average molecular weight is 193 g/mol. The highest BCUT2D eigenvalue weighted by Crippen LogP contribution is 2.28. The van der Waals surface area contributed by atoms with Gasteiger partial charge < -0.3 is 30.9 Å². The molecule has 76 valence electrons. The first-order valence-corrected chi connectivity index (χ1v) is 3.61. The lowest BCUT2D eigenvalue weighted by molar-refractivity contribution is -0.223. The fourth-order valence-electron chi connectivity index (χ4n) is 1.16. The van der Waals surface area contributed by atoms with E-state index in [2.05, 4.69) is 4.74 Å². The summed E-state index contributed by atoms with van der Waals surface area (Å²) in [6.45, 7) is -0.491. The Bertz CT molecular complexity index is 221. The second-order valence-corrected chi connectivity index (χ2v) is 2.86. The third kappa shape index (κ3) is 1.52. The molecular weight excluding hydrogens is 182 g/mol. The number of carbonyl (C=O) groups is 1. The van der Waals surface area contributed by atoms with E-state index in [1.54, 1.807) is 0 Å². The molecule has 13 heavy (non-hydrogen) atoms. The van der Waals surface area contributed by atoms with Gasteiger partial charge in [-0.05, 0) is 0 Å². The molecule has 0 amide bonds. The lowest BCUT2D eigenvalue weighted by atomic mass is 10.1. The Hall–Kier alpha value is -0.730. The molecule has 0 saturated carbocycles. The summed E-state index contributed by atoms with van der Waals surface area (Å²) in [7, 11) is 0. The Morgan fingerprint density at radius 1 is 1.54 bits per heavy atom. The first kappa shape index (κ1) is 10.4. The number of hydrogen-bond donors (Lipinski definition) is 5. The van der Waals surface area contributed by atoms with Crippen LogP contribution in [0.2, 0.25) is 0 Å². The van der Waals surface area contributed by atoms with Gasteiger partial charge in [0.05, 0.1) is 0 Å². The van der Waals surface area contributed by atoms with Crippen molar-refractivity contribution >= 4 is 5.97 Å². The molecule has 1 heterocycles. The summed E-state index contributed by atoms with van der Waals surface area (Å²) >= 11 is 0. The normalized spacial score (nSPS) is 45.1. The fourth-order valence-corrected chi connectivity index (χ4v) is 1.16. The number of ether oxygens (including phenoxy) is 1. The van der Waals surface area contributed by atoms with E-state index >= 15 is 0 Å². The Morgan fingerprint density at radius 2 is 2.08 bits per heavy atom. The van der Waals surface area contributed by atoms with Gasteiger partial charge in [-0.25, -0.2) is 4.79 Å². The van der Waals surface area contributed by atoms with Crippen molar-refractivity contribution in [1.82, 2.24) is 0 Å². The second kappa shape index (κ2) is 3.20. The van der Waals surface area contributed by atoms with Gasteiger partial charge in [0.25, 0.3) is 0 Å². The Balaban J connectivity index is 2.84. The third-order valence-corrected chi connectivity index (χ3v) is 1.96. The molecule has 4 unspecified atom stereocenters. The van der Waals surface area contributed by atoms with E-state index in [1.807, 2.05) is 0 Å². The van der Waals surface area contributed by atoms with E-state index in [0.717, 1.165) is 0 Å². The van der Waals surface area contributed by atoms with E-state index in [1.165, 1.54) is 0 Å². The van der Waals surface area contributed by atoms with Gasteiger partial charge in [0.15, 0.2) is 6.10 Å². The van der Waals surface area contributed by atoms with Crippen LogP contribution in [0.5, 0.6) is 0 Å². The molecule has 0 bridgehead atoms. The summed E-state index contributed by atoms with van der Waals surface area (Å²) in [6.07, 6.45) is -5.03. The number of aliphatic hydroxyl groups is 3. The largest absolute Gasteiger partial charge is 0.479 e. The molecule has 7 heteroatoms. The van der Waals surface area contributed by atoms with Gasteiger partial charge in [-0.3, -0.25) is 0 Å². The number of aliphatic hydroxyl groups excluding tert-OH is 2. The predicted molar refractivity (Wildman–Crippen MR) is 38.5 cm³/mol. The van der Waals surface area contributed by atoms with Crippen LogP contribution in [0.3, 0.4) is 0 Å². The van der Waals surface area contributed by atoms with Gasteiger partial charge >= 0.3 is 5.97 Å². The Kier molecular flexibility index (Phi) is 2.55. The summed E-state index contributed by atoms with van der Waals surface area (Å²) < 4.78 is 4.52. The third-order valence-electron chi connectivity index (χ3n) is 1.96. The van der Waals surface area contributed by atoms with Gasteiger partial charge in [-0.15, -0.1) is 0 Å². The minimum absolute atomic E-state index is 0.491. The maximum atomic E-state index is 10.4. The molecule has 0 aliphatic carbocycles. The van der Waals surface area contributed by atoms with Crippen molar-refractivity contribution in [3.63, 3.8) is 0 Å². The SMILES string of the molecule is NCC1(O)OC(C(=O)O)C(O)C1O. The van der Waals surface area contributed by atoms with Crippen molar-refractivity contribution < 1.29 is 30.0 Å². The number of carboxylic acid groups (broad SMARTS) is 1. The van der Waals surface area contributed by atoms with Crippen molar-refractivity contribution in [3.8, 4) is 0 Å². The van der Waals surface area contributed by atoms with Gasteiger partial charge in [0.1, 0.15) is 12.2 Å². The minimum atomic E-state index is -2.18. The van der Waals surface area contributed by atoms with Crippen molar-refractivity contribution in [2.24, 2.45) is 5.73 Å². The van der Waals surface area contributed by atoms with Crippen molar-refractivity contribution in [2.45, 2.75) is 24.1 Å². The molecular formula is C6H11NO6. The fraction of sp³-hybridized carbons (Fsp3) is 0.833. The van der Waals surface area contributed by atoms with E-state index in [-0.39, 0.29) is 0 Å². The molecule has 1 aliphatic rings. The zero-order valence-electron chi connectivity index (χ0n) is 6.62. The molecule has 1 aliphatic heterocycles. The lowest BCUT2D eigenvalue weighted by Crippen LogP contribution is -2.48. The molecule has 4 atom stereocenters. The molecule has 0 aromatic heterocycles. The standard InChI is InChI=1S/C6H11NO6/c7-1-6(12)4(9)2(8)3(13-6)5(10)11/h2-4,8-9,12H,1,7H2,(H,10,11). The zero-order valence-corrected chi connectivity index (χ0v) is 6.62. The molecule has 0 radical (unpaired) electrons. The minimum Gasteiger partial charge on any atom is -0.479 e. The van der Waals surface area contributed by atoms with Crippen LogP contribution in [-0.2, 0) is 9.53 Å². The van der Waals surface area contributed by atoms with Crippen molar-refractivity contribution in [3.05, 3.63) is 0 Å². The monoisotopic (exact) mass is 193 g/mol. The first-order valence-electron chi connectivity index (χ1n) is 3.61. The topological polar surface area (TPSA) is 133 Å². The second-order valence-electron chi connectivity index (χ2n) is 2.86. The smallest absolute Gasteiger partial charge is 0.335 e. The summed E-state index contributed by atoms with van der Waals surface area (Å²) in [4.78, 5) is 10.4. The highest BCUT2D eigenvalue weighted by molar-refractivity contribution is 5.73. The average Bonchev–Trinajstić information content (AvgIpc) is 2.31. The summed E-state index contributed by atoms with van der Waals surface area (Å²) in [6, 6.07) is 0.